The number of benzene rings is 2. The predicted molar refractivity (Wildman–Crippen MR) is 98.6 cm³/mol. The topological polar surface area (TPSA) is 124 Å². The molecule has 2 rings (SSSR count). The number of aliphatic carboxylic acids is 1. The first kappa shape index (κ1) is 25.6. The van der Waals surface area contributed by atoms with E-state index >= 15 is 0 Å². The third-order valence-corrected chi connectivity index (χ3v) is 4.78. The number of aromatic carboxylic acids is 1. The second kappa shape index (κ2) is 9.59. The number of nitrogens with zero attached hydrogens (tertiary/aromatic N) is 1. The Kier molecular flexibility index (Phi) is 7.93. The van der Waals surface area contributed by atoms with Gasteiger partial charge in [-0.15, -0.1) is 0 Å². The molecule has 170 valence electrons. The van der Waals surface area contributed by atoms with Crippen LogP contribution in [-0.4, -0.2) is 50.8 Å². The molecule has 0 spiro atoms. The van der Waals surface area contributed by atoms with E-state index in [1.165, 1.54) is 12.1 Å². The maximum Gasteiger partial charge on any atom is 0.490 e. The minimum Gasteiger partial charge on any atom is -0.478 e. The summed E-state index contributed by atoms with van der Waals surface area (Å²) in [5.74, 6) is -6.45. The lowest BCUT2D eigenvalue weighted by Gasteiger charge is -2.17. The molecule has 0 amide bonds. The van der Waals surface area contributed by atoms with Gasteiger partial charge in [0.1, 0.15) is 0 Å². The molecule has 0 radical (unpaired) electrons. The summed E-state index contributed by atoms with van der Waals surface area (Å²) in [4.78, 5) is 21.3. The van der Waals surface area contributed by atoms with Crippen LogP contribution >= 0.6 is 0 Å². The van der Waals surface area contributed by atoms with Crippen molar-refractivity contribution in [2.24, 2.45) is 0 Å². The number of carboxylic acids is 2. The molecule has 0 fully saturated rings. The molecule has 0 aromatic heterocycles. The molecule has 2 aromatic rings. The monoisotopic (exact) mass is 470 g/mol. The molecule has 0 bridgehead atoms. The third kappa shape index (κ3) is 7.09. The van der Waals surface area contributed by atoms with E-state index in [1.807, 2.05) is 0 Å². The molecule has 0 atom stereocenters. The highest BCUT2D eigenvalue weighted by molar-refractivity contribution is 7.92. The minimum atomic E-state index is -5.08. The molecule has 3 N–H and O–H groups in total. The summed E-state index contributed by atoms with van der Waals surface area (Å²) in [6.07, 6.45) is -5.08. The number of carboxylic acid groups (broad SMARTS) is 2. The van der Waals surface area contributed by atoms with E-state index in [2.05, 4.69) is 4.72 Å². The van der Waals surface area contributed by atoms with Crippen LogP contribution in [0, 0.1) is 11.6 Å². The van der Waals surface area contributed by atoms with Gasteiger partial charge < -0.3 is 15.1 Å². The zero-order chi connectivity index (χ0) is 24.1. The lowest BCUT2D eigenvalue weighted by atomic mass is 10.1. The lowest BCUT2D eigenvalue weighted by molar-refractivity contribution is -0.192. The van der Waals surface area contributed by atoms with Gasteiger partial charge in [-0.1, -0.05) is 0 Å². The van der Waals surface area contributed by atoms with Crippen LogP contribution in [0.5, 0.6) is 0 Å². The van der Waals surface area contributed by atoms with Crippen molar-refractivity contribution in [3.8, 4) is 0 Å². The van der Waals surface area contributed by atoms with Crippen LogP contribution < -0.4 is 9.62 Å². The van der Waals surface area contributed by atoms with Gasteiger partial charge in [-0.25, -0.2) is 26.8 Å². The molecule has 0 heterocycles. The maximum absolute atomic E-state index is 13.2. The molecule has 31 heavy (non-hydrogen) atoms. The Labute approximate surface area is 172 Å². The van der Waals surface area contributed by atoms with Crippen molar-refractivity contribution >= 4 is 33.3 Å². The number of hydrogen-bond donors (Lipinski definition) is 3. The first-order valence-corrected chi connectivity index (χ1v) is 9.37. The van der Waals surface area contributed by atoms with Crippen LogP contribution in [0.3, 0.4) is 0 Å². The molecule has 0 aliphatic carbocycles. The Morgan fingerprint density at radius 3 is 1.94 bits per heavy atom. The van der Waals surface area contributed by atoms with Gasteiger partial charge in [-0.2, -0.15) is 13.2 Å². The summed E-state index contributed by atoms with van der Waals surface area (Å²) < 4.78 is 84.4. The number of halogens is 5. The average molecular weight is 470 g/mol. The normalized spacial score (nSPS) is 11.2. The van der Waals surface area contributed by atoms with E-state index in [0.29, 0.717) is 17.8 Å². The van der Waals surface area contributed by atoms with Crippen molar-refractivity contribution in [2.45, 2.75) is 11.1 Å². The van der Waals surface area contributed by atoms with Crippen LogP contribution in [0.4, 0.5) is 33.3 Å². The number of hydrogen-bond acceptors (Lipinski definition) is 5. The standard InChI is InChI=1S/C15H14F2N2O4S.C2HF3O2/c1-19(2)14-6-3-9(7-11(14)15(20)21)18-24(22,23)10-4-5-12(16)13(17)8-10;3-2(4,5)1(6)7/h3-8,18H,1-2H3,(H,20,21);(H,6,7). The summed E-state index contributed by atoms with van der Waals surface area (Å²) >= 11 is 0. The van der Waals surface area contributed by atoms with Gasteiger partial charge in [-0.3, -0.25) is 4.72 Å². The Morgan fingerprint density at radius 2 is 1.52 bits per heavy atom. The van der Waals surface area contributed by atoms with E-state index in [4.69, 9.17) is 9.90 Å². The average Bonchev–Trinajstić information content (AvgIpc) is 2.63. The first-order valence-electron chi connectivity index (χ1n) is 7.89. The van der Waals surface area contributed by atoms with Gasteiger partial charge in [0.25, 0.3) is 10.0 Å². The third-order valence-electron chi connectivity index (χ3n) is 3.40. The fourth-order valence-electron chi connectivity index (χ4n) is 2.02. The first-order chi connectivity index (χ1) is 14.1. The largest absolute Gasteiger partial charge is 0.490 e. The summed E-state index contributed by atoms with van der Waals surface area (Å²) in [5.41, 5.74) is 0.270. The van der Waals surface area contributed by atoms with Crippen molar-refractivity contribution in [3.05, 3.63) is 53.6 Å². The van der Waals surface area contributed by atoms with Gasteiger partial charge in [-0.05, 0) is 36.4 Å². The molecule has 8 nitrogen and oxygen atoms in total. The van der Waals surface area contributed by atoms with Gasteiger partial charge >= 0.3 is 18.1 Å². The summed E-state index contributed by atoms with van der Waals surface area (Å²) in [5, 5.41) is 16.4. The van der Waals surface area contributed by atoms with Gasteiger partial charge in [0, 0.05) is 19.8 Å². The van der Waals surface area contributed by atoms with E-state index in [-0.39, 0.29) is 11.3 Å². The fraction of sp³-hybridized carbons (Fsp3) is 0.176. The van der Waals surface area contributed by atoms with Crippen LogP contribution in [0.1, 0.15) is 10.4 Å². The molecular weight excluding hydrogens is 455 g/mol. The van der Waals surface area contributed by atoms with Crippen molar-refractivity contribution in [2.75, 3.05) is 23.7 Å². The molecule has 0 aliphatic heterocycles. The van der Waals surface area contributed by atoms with E-state index in [0.717, 1.165) is 12.1 Å². The van der Waals surface area contributed by atoms with Crippen LogP contribution in [0.25, 0.3) is 0 Å². The zero-order valence-electron chi connectivity index (χ0n) is 15.7. The highest BCUT2D eigenvalue weighted by Gasteiger charge is 2.38. The van der Waals surface area contributed by atoms with Crippen molar-refractivity contribution in [1.29, 1.82) is 0 Å². The number of rotatable bonds is 5. The van der Waals surface area contributed by atoms with Gasteiger partial charge in [0.2, 0.25) is 0 Å². The van der Waals surface area contributed by atoms with Crippen LogP contribution in [0.15, 0.2) is 41.3 Å². The molecule has 0 aliphatic rings. The lowest BCUT2D eigenvalue weighted by Crippen LogP contribution is -2.21. The molecular formula is C17H15F5N2O6S. The van der Waals surface area contributed by atoms with Crippen molar-refractivity contribution in [1.82, 2.24) is 0 Å². The molecule has 0 unspecified atom stereocenters. The highest BCUT2D eigenvalue weighted by Crippen LogP contribution is 2.25. The minimum absolute atomic E-state index is 0.0114. The van der Waals surface area contributed by atoms with Crippen molar-refractivity contribution < 1.29 is 50.2 Å². The number of alkyl halides is 3. The quantitative estimate of drug-likeness (QED) is 0.574. The van der Waals surface area contributed by atoms with Crippen LogP contribution in [-0.2, 0) is 14.8 Å². The summed E-state index contributed by atoms with van der Waals surface area (Å²) in [6, 6.07) is 6.11. The Bertz CT molecular complexity index is 1090. The van der Waals surface area contributed by atoms with E-state index in [1.54, 1.807) is 19.0 Å². The highest BCUT2D eigenvalue weighted by atomic mass is 32.2. The number of carbonyl (C=O) groups is 2. The van der Waals surface area contributed by atoms with Crippen LogP contribution in [0.2, 0.25) is 0 Å². The number of nitrogens with one attached hydrogen (secondary N) is 1. The Balaban J connectivity index is 0.000000592. The van der Waals surface area contributed by atoms with Crippen molar-refractivity contribution in [3.63, 3.8) is 0 Å². The summed E-state index contributed by atoms with van der Waals surface area (Å²) in [7, 11) is -0.900. The SMILES string of the molecule is CN(C)c1ccc(NS(=O)(=O)c2ccc(F)c(F)c2)cc1C(=O)O.O=C(O)C(F)(F)F. The second-order valence-corrected chi connectivity index (χ2v) is 7.60. The smallest absolute Gasteiger partial charge is 0.478 e. The van der Waals surface area contributed by atoms with Gasteiger partial charge in [0.15, 0.2) is 11.6 Å². The Morgan fingerprint density at radius 1 is 0.968 bits per heavy atom. The fourth-order valence-corrected chi connectivity index (χ4v) is 3.08. The van der Waals surface area contributed by atoms with E-state index in [9.17, 15) is 40.3 Å². The van der Waals surface area contributed by atoms with Gasteiger partial charge in [0.05, 0.1) is 16.1 Å². The molecule has 14 heteroatoms. The maximum atomic E-state index is 13.2. The number of sulfonamides is 1. The Hall–Kier alpha value is -3.42. The summed E-state index contributed by atoms with van der Waals surface area (Å²) in [6.45, 7) is 0. The number of anilines is 2. The van der Waals surface area contributed by atoms with E-state index < -0.39 is 44.7 Å². The molecule has 2 aromatic carbocycles. The zero-order valence-corrected chi connectivity index (χ0v) is 16.6. The predicted octanol–water partition coefficient (Wildman–Crippen LogP) is 3.16. The second-order valence-electron chi connectivity index (χ2n) is 5.92. The molecule has 0 saturated heterocycles. The molecule has 0 saturated carbocycles.